The highest BCUT2D eigenvalue weighted by molar-refractivity contribution is 9.10. The first-order valence-electron chi connectivity index (χ1n) is 3.24. The van der Waals surface area contributed by atoms with Crippen LogP contribution >= 0.6 is 15.9 Å². The van der Waals surface area contributed by atoms with Gasteiger partial charge in [0.25, 0.3) is 0 Å². The summed E-state index contributed by atoms with van der Waals surface area (Å²) in [5.41, 5.74) is 0. The molecule has 0 aromatic carbocycles. The quantitative estimate of drug-likeness (QED) is 0.824. The summed E-state index contributed by atoms with van der Waals surface area (Å²) >= 11 is 3.06. The molecule has 1 heterocycles. The molecule has 1 N–H and O–H groups in total. The van der Waals surface area contributed by atoms with E-state index in [9.17, 15) is 4.79 Å². The van der Waals surface area contributed by atoms with Gasteiger partial charge < -0.3 is 14.3 Å². The van der Waals surface area contributed by atoms with Crippen LogP contribution in [0.3, 0.4) is 0 Å². The van der Waals surface area contributed by atoms with Gasteiger partial charge in [0.15, 0.2) is 6.61 Å². The van der Waals surface area contributed by atoms with Gasteiger partial charge in [-0.1, -0.05) is 5.92 Å². The number of terminal acetylenes is 1. The van der Waals surface area contributed by atoms with Gasteiger partial charge >= 0.3 is 11.9 Å². The van der Waals surface area contributed by atoms with Crippen molar-refractivity contribution in [1.29, 1.82) is 0 Å². The van der Waals surface area contributed by atoms with E-state index in [4.69, 9.17) is 20.7 Å². The molecule has 0 radical (unpaired) electrons. The van der Waals surface area contributed by atoms with Crippen molar-refractivity contribution >= 4 is 21.9 Å². The van der Waals surface area contributed by atoms with Gasteiger partial charge in [-0.15, -0.1) is 6.42 Å². The minimum atomic E-state index is -1.16. The van der Waals surface area contributed by atoms with Crippen LogP contribution in [-0.2, 0) is 0 Å². The second-order valence-corrected chi connectivity index (χ2v) is 2.90. The Morgan fingerprint density at radius 3 is 3.00 bits per heavy atom. The summed E-state index contributed by atoms with van der Waals surface area (Å²) < 4.78 is 10.1. The van der Waals surface area contributed by atoms with Gasteiger partial charge in [0.1, 0.15) is 4.47 Å². The molecule has 1 aromatic rings. The van der Waals surface area contributed by atoms with E-state index in [-0.39, 0.29) is 18.3 Å². The molecular formula is C8H5BrO4. The minimum Gasteiger partial charge on any atom is -0.475 e. The number of carboxylic acids is 1. The molecule has 0 aliphatic carbocycles. The molecule has 0 saturated carbocycles. The smallest absolute Gasteiger partial charge is 0.371 e. The first kappa shape index (κ1) is 9.68. The van der Waals surface area contributed by atoms with Gasteiger partial charge in [-0.05, 0) is 15.9 Å². The Hall–Kier alpha value is -1.41. The Bertz CT molecular complexity index is 361. The van der Waals surface area contributed by atoms with Crippen molar-refractivity contribution in [3.8, 4) is 18.3 Å². The fourth-order valence-electron chi connectivity index (χ4n) is 0.663. The lowest BCUT2D eigenvalue weighted by atomic mass is 10.5. The van der Waals surface area contributed by atoms with Crippen molar-refractivity contribution in [3.63, 3.8) is 0 Å². The zero-order valence-corrected chi connectivity index (χ0v) is 8.00. The summed E-state index contributed by atoms with van der Waals surface area (Å²) in [5, 5.41) is 8.54. The fraction of sp³-hybridized carbons (Fsp3) is 0.125. The maximum atomic E-state index is 10.4. The van der Waals surface area contributed by atoms with Gasteiger partial charge in [0.05, 0.1) is 0 Å². The highest BCUT2D eigenvalue weighted by Crippen LogP contribution is 2.28. The van der Waals surface area contributed by atoms with E-state index in [1.807, 2.05) is 0 Å². The van der Waals surface area contributed by atoms with Crippen molar-refractivity contribution in [2.24, 2.45) is 0 Å². The zero-order valence-electron chi connectivity index (χ0n) is 6.41. The molecule has 4 nitrogen and oxygen atoms in total. The maximum Gasteiger partial charge on any atom is 0.371 e. The number of aromatic carboxylic acids is 1. The van der Waals surface area contributed by atoms with Gasteiger partial charge in [0, 0.05) is 6.07 Å². The summed E-state index contributed by atoms with van der Waals surface area (Å²) in [6.45, 7) is 0.0329. The Labute approximate surface area is 82.6 Å². The average molecular weight is 245 g/mol. The number of furan rings is 1. The van der Waals surface area contributed by atoms with Crippen LogP contribution in [-0.4, -0.2) is 17.7 Å². The van der Waals surface area contributed by atoms with Gasteiger partial charge in [-0.3, -0.25) is 0 Å². The van der Waals surface area contributed by atoms with E-state index in [1.165, 1.54) is 6.07 Å². The molecule has 0 aliphatic rings. The van der Waals surface area contributed by atoms with Gasteiger partial charge in [-0.25, -0.2) is 4.79 Å². The van der Waals surface area contributed by atoms with Crippen molar-refractivity contribution < 1.29 is 19.1 Å². The topological polar surface area (TPSA) is 59.7 Å². The van der Waals surface area contributed by atoms with Crippen LogP contribution in [0.1, 0.15) is 10.6 Å². The molecule has 0 bridgehead atoms. The number of ether oxygens (including phenoxy) is 1. The van der Waals surface area contributed by atoms with Crippen LogP contribution in [0.5, 0.6) is 5.95 Å². The molecule has 0 saturated heterocycles. The molecule has 0 aliphatic heterocycles. The second kappa shape index (κ2) is 4.01. The summed E-state index contributed by atoms with van der Waals surface area (Å²) in [4.78, 5) is 10.4. The van der Waals surface area contributed by atoms with Crippen LogP contribution in [0, 0.1) is 12.3 Å². The predicted molar refractivity (Wildman–Crippen MR) is 47.7 cm³/mol. The highest BCUT2D eigenvalue weighted by atomic mass is 79.9. The molecule has 13 heavy (non-hydrogen) atoms. The largest absolute Gasteiger partial charge is 0.475 e. The van der Waals surface area contributed by atoms with Crippen LogP contribution in [0.2, 0.25) is 0 Å². The third-order valence-electron chi connectivity index (χ3n) is 1.15. The summed E-state index contributed by atoms with van der Waals surface area (Å²) in [5.74, 6) is 0.959. The number of hydrogen-bond donors (Lipinski definition) is 1. The molecule has 0 unspecified atom stereocenters. The van der Waals surface area contributed by atoms with E-state index < -0.39 is 5.97 Å². The first-order chi connectivity index (χ1) is 6.15. The lowest BCUT2D eigenvalue weighted by Crippen LogP contribution is -1.93. The summed E-state index contributed by atoms with van der Waals surface area (Å²) in [6.07, 6.45) is 4.94. The summed E-state index contributed by atoms with van der Waals surface area (Å²) in [6, 6.07) is 1.30. The number of hydrogen-bond acceptors (Lipinski definition) is 3. The maximum absolute atomic E-state index is 10.4. The SMILES string of the molecule is C#CCOc1oc(C(=O)O)cc1Br. The standard InChI is InChI=1S/C8H5BrO4/c1-2-3-12-8-5(9)4-6(13-8)7(10)11/h1,4H,3H2,(H,10,11). The molecular weight excluding hydrogens is 240 g/mol. The Balaban J connectivity index is 2.85. The highest BCUT2D eigenvalue weighted by Gasteiger charge is 2.14. The molecule has 0 spiro atoms. The minimum absolute atomic E-state index is 0.0329. The van der Waals surface area contributed by atoms with E-state index >= 15 is 0 Å². The lowest BCUT2D eigenvalue weighted by molar-refractivity contribution is 0.0655. The van der Waals surface area contributed by atoms with Crippen LogP contribution in [0.25, 0.3) is 0 Å². The molecule has 0 atom stereocenters. The average Bonchev–Trinajstić information content (AvgIpc) is 2.44. The van der Waals surface area contributed by atoms with Gasteiger partial charge in [0.2, 0.25) is 5.76 Å². The van der Waals surface area contributed by atoms with Crippen LogP contribution < -0.4 is 4.74 Å². The molecule has 1 rings (SSSR count). The third kappa shape index (κ3) is 2.26. The number of halogens is 1. The Morgan fingerprint density at radius 1 is 1.85 bits per heavy atom. The van der Waals surface area contributed by atoms with Crippen molar-refractivity contribution in [2.75, 3.05) is 6.61 Å². The van der Waals surface area contributed by atoms with E-state index in [0.717, 1.165) is 0 Å². The van der Waals surface area contributed by atoms with Crippen molar-refractivity contribution in [2.45, 2.75) is 0 Å². The Kier molecular flexibility index (Phi) is 2.98. The van der Waals surface area contributed by atoms with Gasteiger partial charge in [-0.2, -0.15) is 0 Å². The monoisotopic (exact) mass is 244 g/mol. The third-order valence-corrected chi connectivity index (χ3v) is 1.71. The molecule has 0 amide bonds. The number of carboxylic acid groups (broad SMARTS) is 1. The summed E-state index contributed by atoms with van der Waals surface area (Å²) in [7, 11) is 0. The zero-order chi connectivity index (χ0) is 9.84. The van der Waals surface area contributed by atoms with E-state index in [1.54, 1.807) is 0 Å². The molecule has 1 aromatic heterocycles. The van der Waals surface area contributed by atoms with Crippen molar-refractivity contribution in [3.05, 3.63) is 16.3 Å². The number of rotatable bonds is 3. The first-order valence-corrected chi connectivity index (χ1v) is 4.03. The predicted octanol–water partition coefficient (Wildman–Crippen LogP) is 1.75. The van der Waals surface area contributed by atoms with Crippen LogP contribution in [0.4, 0.5) is 0 Å². The van der Waals surface area contributed by atoms with Crippen LogP contribution in [0.15, 0.2) is 15.0 Å². The Morgan fingerprint density at radius 2 is 2.54 bits per heavy atom. The molecule has 68 valence electrons. The van der Waals surface area contributed by atoms with Crippen molar-refractivity contribution in [1.82, 2.24) is 0 Å². The van der Waals surface area contributed by atoms with E-state index in [2.05, 4.69) is 21.9 Å². The normalized spacial score (nSPS) is 9.23. The lowest BCUT2D eigenvalue weighted by Gasteiger charge is -1.95. The molecule has 0 fully saturated rings. The second-order valence-electron chi connectivity index (χ2n) is 2.04. The van der Waals surface area contributed by atoms with E-state index in [0.29, 0.717) is 4.47 Å². The fourth-order valence-corrected chi connectivity index (χ4v) is 1.07. The molecule has 5 heteroatoms. The number of carbonyl (C=O) groups is 1.